The maximum Gasteiger partial charge on any atom is 0.224 e. The Labute approximate surface area is 85.9 Å². The highest BCUT2D eigenvalue weighted by molar-refractivity contribution is 6.28. The minimum Gasteiger partial charge on any atom is -0.244 e. The average Bonchev–Trinajstić information content (AvgIpc) is 2.46. The van der Waals surface area contributed by atoms with Crippen LogP contribution in [0, 0.1) is 0 Å². The fraction of sp³-hybridized carbons (Fsp3) is 0.444. The number of hydrogen-bond acceptors (Lipinski definition) is 3. The van der Waals surface area contributed by atoms with E-state index < -0.39 is 0 Å². The molecule has 0 bridgehead atoms. The number of fused-ring (bicyclic) bond motifs is 1. The predicted octanol–water partition coefficient (Wildman–Crippen LogP) is 2.20. The van der Waals surface area contributed by atoms with E-state index in [9.17, 15) is 0 Å². The molecule has 0 aromatic carbocycles. The lowest BCUT2D eigenvalue weighted by Gasteiger charge is -2.25. The van der Waals surface area contributed by atoms with Crippen molar-refractivity contribution < 1.29 is 0 Å². The van der Waals surface area contributed by atoms with Crippen LogP contribution in [0.1, 0.15) is 25.3 Å². The highest BCUT2D eigenvalue weighted by Crippen LogP contribution is 2.32. The summed E-state index contributed by atoms with van der Waals surface area (Å²) in [7, 11) is 0. The second kappa shape index (κ2) is 2.92. The number of nitrogens with zero attached hydrogens (tertiary/aromatic N) is 4. The summed E-state index contributed by atoms with van der Waals surface area (Å²) in [4.78, 5) is 8.12. The Hall–Kier alpha value is -1.16. The smallest absolute Gasteiger partial charge is 0.224 e. The Morgan fingerprint density at radius 2 is 2.21 bits per heavy atom. The van der Waals surface area contributed by atoms with Crippen molar-refractivity contribution >= 4 is 22.6 Å². The fourth-order valence-corrected chi connectivity index (χ4v) is 1.84. The van der Waals surface area contributed by atoms with Crippen molar-refractivity contribution in [3.63, 3.8) is 0 Å². The zero-order valence-corrected chi connectivity index (χ0v) is 8.28. The summed E-state index contributed by atoms with van der Waals surface area (Å²) in [6.45, 7) is 0. The molecular weight excluding hydrogens is 200 g/mol. The van der Waals surface area contributed by atoms with Crippen molar-refractivity contribution in [3.8, 4) is 0 Å². The molecule has 1 saturated carbocycles. The summed E-state index contributed by atoms with van der Waals surface area (Å²) in [5, 5.41) is 5.56. The molecule has 2 aromatic rings. The highest BCUT2D eigenvalue weighted by atomic mass is 35.5. The van der Waals surface area contributed by atoms with Crippen LogP contribution in [-0.2, 0) is 0 Å². The summed E-state index contributed by atoms with van der Waals surface area (Å²) < 4.78 is 1.96. The Kier molecular flexibility index (Phi) is 1.70. The molecule has 0 aliphatic heterocycles. The maximum absolute atomic E-state index is 5.75. The molecule has 4 nitrogen and oxygen atoms in total. The van der Waals surface area contributed by atoms with Crippen LogP contribution in [0.15, 0.2) is 12.4 Å². The van der Waals surface area contributed by atoms with Crippen LogP contribution in [0.2, 0.25) is 5.28 Å². The van der Waals surface area contributed by atoms with Crippen molar-refractivity contribution in [2.75, 3.05) is 0 Å². The third-order valence-electron chi connectivity index (χ3n) is 2.73. The molecule has 1 fully saturated rings. The zero-order valence-electron chi connectivity index (χ0n) is 7.52. The predicted molar refractivity (Wildman–Crippen MR) is 53.2 cm³/mol. The van der Waals surface area contributed by atoms with Gasteiger partial charge in [-0.15, -0.1) is 0 Å². The molecule has 0 atom stereocenters. The zero-order chi connectivity index (χ0) is 9.54. The second-order valence-electron chi connectivity index (χ2n) is 3.59. The highest BCUT2D eigenvalue weighted by Gasteiger charge is 2.22. The molecule has 0 N–H and O–H groups in total. The van der Waals surface area contributed by atoms with Gasteiger partial charge in [-0.25, -0.2) is 9.67 Å². The molecule has 2 aromatic heterocycles. The number of rotatable bonds is 1. The molecule has 0 spiro atoms. The van der Waals surface area contributed by atoms with Crippen LogP contribution in [0.25, 0.3) is 11.0 Å². The largest absolute Gasteiger partial charge is 0.244 e. The van der Waals surface area contributed by atoms with Gasteiger partial charge in [0.25, 0.3) is 0 Å². The van der Waals surface area contributed by atoms with E-state index in [0.717, 1.165) is 11.0 Å². The second-order valence-corrected chi connectivity index (χ2v) is 3.93. The van der Waals surface area contributed by atoms with E-state index in [1.54, 1.807) is 12.4 Å². The van der Waals surface area contributed by atoms with Gasteiger partial charge in [0.05, 0.1) is 17.6 Å². The lowest BCUT2D eigenvalue weighted by Crippen LogP contribution is -2.18. The van der Waals surface area contributed by atoms with E-state index in [0.29, 0.717) is 11.3 Å². The molecule has 0 radical (unpaired) electrons. The van der Waals surface area contributed by atoms with Crippen LogP contribution >= 0.6 is 11.6 Å². The van der Waals surface area contributed by atoms with Gasteiger partial charge in [-0.1, -0.05) is 0 Å². The first-order chi connectivity index (χ1) is 6.84. The van der Waals surface area contributed by atoms with Gasteiger partial charge in [0.1, 0.15) is 0 Å². The quantitative estimate of drug-likeness (QED) is 0.675. The van der Waals surface area contributed by atoms with Gasteiger partial charge in [-0.2, -0.15) is 10.1 Å². The minimum absolute atomic E-state index is 0.290. The van der Waals surface area contributed by atoms with Gasteiger partial charge in [0.2, 0.25) is 5.28 Å². The molecule has 0 saturated heterocycles. The standard InChI is InChI=1S/C9H9ClN4/c10-9-11-4-6-5-12-14(8(6)13-9)7-2-1-3-7/h4-5,7H,1-3H2. The summed E-state index contributed by atoms with van der Waals surface area (Å²) in [6, 6.07) is 0.512. The van der Waals surface area contributed by atoms with Crippen LogP contribution in [0.3, 0.4) is 0 Å². The Morgan fingerprint density at radius 1 is 1.36 bits per heavy atom. The molecule has 5 heteroatoms. The molecule has 3 rings (SSSR count). The van der Waals surface area contributed by atoms with E-state index in [1.807, 2.05) is 4.68 Å². The topological polar surface area (TPSA) is 43.6 Å². The van der Waals surface area contributed by atoms with Crippen LogP contribution < -0.4 is 0 Å². The Morgan fingerprint density at radius 3 is 2.93 bits per heavy atom. The molecule has 0 unspecified atom stereocenters. The summed E-state index contributed by atoms with van der Waals surface area (Å²) in [5.41, 5.74) is 0.856. The molecule has 72 valence electrons. The summed E-state index contributed by atoms with van der Waals surface area (Å²) in [5.74, 6) is 0. The van der Waals surface area contributed by atoms with Crippen molar-refractivity contribution in [2.45, 2.75) is 25.3 Å². The first-order valence-electron chi connectivity index (χ1n) is 4.70. The summed E-state index contributed by atoms with van der Waals surface area (Å²) >= 11 is 5.75. The van der Waals surface area contributed by atoms with Crippen LogP contribution in [0.4, 0.5) is 0 Å². The minimum atomic E-state index is 0.290. The van der Waals surface area contributed by atoms with Gasteiger partial charge >= 0.3 is 0 Å². The lowest BCUT2D eigenvalue weighted by molar-refractivity contribution is 0.296. The first kappa shape index (κ1) is 8.17. The van der Waals surface area contributed by atoms with Crippen LogP contribution in [-0.4, -0.2) is 19.7 Å². The number of aromatic nitrogens is 4. The van der Waals surface area contributed by atoms with E-state index in [2.05, 4.69) is 15.1 Å². The SMILES string of the molecule is Clc1ncc2cnn(C3CCC3)c2n1. The molecule has 1 aliphatic carbocycles. The average molecular weight is 209 g/mol. The molecule has 0 amide bonds. The van der Waals surface area contributed by atoms with Gasteiger partial charge in [-0.05, 0) is 30.9 Å². The fourth-order valence-electron chi connectivity index (χ4n) is 1.71. The maximum atomic E-state index is 5.75. The van der Waals surface area contributed by atoms with Gasteiger partial charge in [0.15, 0.2) is 5.65 Å². The first-order valence-corrected chi connectivity index (χ1v) is 5.08. The van der Waals surface area contributed by atoms with Crippen LogP contribution in [0.5, 0.6) is 0 Å². The Balaban J connectivity index is 2.18. The molecule has 14 heavy (non-hydrogen) atoms. The monoisotopic (exact) mass is 208 g/mol. The molecule has 2 heterocycles. The Bertz CT molecular complexity index is 475. The van der Waals surface area contributed by atoms with Gasteiger partial charge in [-0.3, -0.25) is 0 Å². The summed E-state index contributed by atoms with van der Waals surface area (Å²) in [6.07, 6.45) is 7.18. The lowest BCUT2D eigenvalue weighted by atomic mass is 9.93. The van der Waals surface area contributed by atoms with Gasteiger partial charge < -0.3 is 0 Å². The van der Waals surface area contributed by atoms with E-state index >= 15 is 0 Å². The van der Waals surface area contributed by atoms with Gasteiger partial charge in [0, 0.05) is 6.20 Å². The third kappa shape index (κ3) is 1.10. The normalized spacial score (nSPS) is 17.2. The van der Waals surface area contributed by atoms with Crippen molar-refractivity contribution in [1.82, 2.24) is 19.7 Å². The molecule has 1 aliphatic rings. The number of halogens is 1. The molecular formula is C9H9ClN4. The van der Waals surface area contributed by atoms with Crippen molar-refractivity contribution in [3.05, 3.63) is 17.7 Å². The van der Waals surface area contributed by atoms with Crippen molar-refractivity contribution in [2.24, 2.45) is 0 Å². The van der Waals surface area contributed by atoms with E-state index in [4.69, 9.17) is 11.6 Å². The van der Waals surface area contributed by atoms with E-state index in [-0.39, 0.29) is 0 Å². The third-order valence-corrected chi connectivity index (χ3v) is 2.91. The van der Waals surface area contributed by atoms with E-state index in [1.165, 1.54) is 19.3 Å². The van der Waals surface area contributed by atoms with Crippen molar-refractivity contribution in [1.29, 1.82) is 0 Å². The number of hydrogen-bond donors (Lipinski definition) is 0.